The van der Waals surface area contributed by atoms with Crippen LogP contribution in [0.15, 0.2) is 4.99 Å². The van der Waals surface area contributed by atoms with Gasteiger partial charge in [-0.3, -0.25) is 4.99 Å². The van der Waals surface area contributed by atoms with Gasteiger partial charge < -0.3 is 15.4 Å². The van der Waals surface area contributed by atoms with Crippen LogP contribution < -0.4 is 5.73 Å². The van der Waals surface area contributed by atoms with Crippen LogP contribution in [0.25, 0.3) is 0 Å². The first-order valence-corrected chi connectivity index (χ1v) is 7.26. The van der Waals surface area contributed by atoms with Crippen molar-refractivity contribution < 1.29 is 4.74 Å². The second-order valence-electron chi connectivity index (χ2n) is 5.56. The second-order valence-corrected chi connectivity index (χ2v) is 5.56. The van der Waals surface area contributed by atoms with E-state index in [1.165, 1.54) is 12.8 Å². The number of rotatable bonds is 6. The lowest BCUT2D eigenvalue weighted by atomic mass is 10.0. The van der Waals surface area contributed by atoms with Crippen molar-refractivity contribution >= 4 is 5.96 Å². The molecule has 18 heavy (non-hydrogen) atoms. The number of unbranched alkanes of at least 4 members (excludes halogenated alkanes) is 1. The van der Waals surface area contributed by atoms with Gasteiger partial charge in [0.2, 0.25) is 0 Å². The molecular formula is C14H29N3O. The Balaban J connectivity index is 2.13. The zero-order valence-corrected chi connectivity index (χ0v) is 12.2. The van der Waals surface area contributed by atoms with Crippen molar-refractivity contribution in [1.82, 2.24) is 4.90 Å². The summed E-state index contributed by atoms with van der Waals surface area (Å²) in [6, 6.07) is 0. The van der Waals surface area contributed by atoms with Crippen LogP contribution >= 0.6 is 0 Å². The Hall–Kier alpha value is -0.770. The highest BCUT2D eigenvalue weighted by Crippen LogP contribution is 2.14. The van der Waals surface area contributed by atoms with Gasteiger partial charge in [-0.15, -0.1) is 0 Å². The predicted octanol–water partition coefficient (Wildman–Crippen LogP) is 2.24. The zero-order valence-electron chi connectivity index (χ0n) is 12.2. The van der Waals surface area contributed by atoms with Gasteiger partial charge in [0.1, 0.15) is 0 Å². The number of aliphatic imine (C=N–C) groups is 1. The Morgan fingerprint density at radius 2 is 2.22 bits per heavy atom. The highest BCUT2D eigenvalue weighted by Gasteiger charge is 2.17. The number of hydrogen-bond acceptors (Lipinski definition) is 2. The predicted molar refractivity (Wildman–Crippen MR) is 76.8 cm³/mol. The van der Waals surface area contributed by atoms with Crippen LogP contribution in [-0.2, 0) is 4.74 Å². The number of nitrogens with zero attached hydrogens (tertiary/aromatic N) is 2. The number of hydrogen-bond donors (Lipinski definition) is 1. The fraction of sp³-hybridized carbons (Fsp3) is 0.929. The normalized spacial score (nSPS) is 21.7. The summed E-state index contributed by atoms with van der Waals surface area (Å²) in [5.74, 6) is 1.47. The average molecular weight is 255 g/mol. The van der Waals surface area contributed by atoms with Crippen molar-refractivity contribution in [2.75, 3.05) is 26.2 Å². The van der Waals surface area contributed by atoms with Gasteiger partial charge in [-0.2, -0.15) is 0 Å². The minimum absolute atomic E-state index is 0.327. The van der Waals surface area contributed by atoms with E-state index in [-0.39, 0.29) is 0 Å². The van der Waals surface area contributed by atoms with E-state index in [4.69, 9.17) is 10.5 Å². The SMILES string of the molecule is CC1CCCN(C(N)=NCCCCOC(C)C)C1. The number of guanidine groups is 1. The van der Waals surface area contributed by atoms with Gasteiger partial charge in [0.05, 0.1) is 6.10 Å². The standard InChI is InChI=1S/C14H29N3O/c1-12(2)18-10-5-4-8-16-14(15)17-9-6-7-13(3)11-17/h12-13H,4-11H2,1-3H3,(H2,15,16). The van der Waals surface area contributed by atoms with Crippen molar-refractivity contribution in [3.05, 3.63) is 0 Å². The van der Waals surface area contributed by atoms with E-state index in [1.54, 1.807) is 0 Å². The summed E-state index contributed by atoms with van der Waals surface area (Å²) in [6.07, 6.45) is 4.99. The maximum atomic E-state index is 6.02. The largest absolute Gasteiger partial charge is 0.379 e. The first kappa shape index (κ1) is 15.3. The molecule has 4 heteroatoms. The van der Waals surface area contributed by atoms with Crippen LogP contribution in [-0.4, -0.2) is 43.2 Å². The van der Waals surface area contributed by atoms with Crippen LogP contribution in [0, 0.1) is 5.92 Å². The van der Waals surface area contributed by atoms with E-state index >= 15 is 0 Å². The minimum atomic E-state index is 0.327. The lowest BCUT2D eigenvalue weighted by Crippen LogP contribution is -2.43. The molecule has 1 heterocycles. The smallest absolute Gasteiger partial charge is 0.191 e. The molecule has 0 aliphatic carbocycles. The second kappa shape index (κ2) is 8.35. The van der Waals surface area contributed by atoms with Crippen molar-refractivity contribution in [2.45, 2.75) is 52.6 Å². The summed E-state index contributed by atoms with van der Waals surface area (Å²) in [5, 5.41) is 0. The van der Waals surface area contributed by atoms with Gasteiger partial charge in [-0.05, 0) is 45.4 Å². The van der Waals surface area contributed by atoms with Gasteiger partial charge in [-0.1, -0.05) is 6.92 Å². The molecule has 0 aromatic carbocycles. The Kier molecular flexibility index (Phi) is 7.09. The molecule has 0 aromatic heterocycles. The Morgan fingerprint density at radius 3 is 2.89 bits per heavy atom. The lowest BCUT2D eigenvalue weighted by Gasteiger charge is -2.31. The topological polar surface area (TPSA) is 50.8 Å². The molecule has 0 bridgehead atoms. The minimum Gasteiger partial charge on any atom is -0.379 e. The molecule has 1 aliphatic rings. The van der Waals surface area contributed by atoms with Gasteiger partial charge in [0, 0.05) is 26.2 Å². The van der Waals surface area contributed by atoms with Crippen LogP contribution in [0.2, 0.25) is 0 Å². The van der Waals surface area contributed by atoms with Gasteiger partial charge in [0.25, 0.3) is 0 Å². The fourth-order valence-corrected chi connectivity index (χ4v) is 2.22. The molecule has 0 amide bonds. The van der Waals surface area contributed by atoms with Crippen molar-refractivity contribution in [3.63, 3.8) is 0 Å². The fourth-order valence-electron chi connectivity index (χ4n) is 2.22. The monoisotopic (exact) mass is 255 g/mol. The van der Waals surface area contributed by atoms with Gasteiger partial charge >= 0.3 is 0 Å². The molecular weight excluding hydrogens is 226 g/mol. The molecule has 1 saturated heterocycles. The van der Waals surface area contributed by atoms with E-state index in [2.05, 4.69) is 30.7 Å². The van der Waals surface area contributed by atoms with E-state index in [1.807, 2.05) is 0 Å². The Labute approximate surface area is 112 Å². The molecule has 0 radical (unpaired) electrons. The molecule has 1 unspecified atom stereocenters. The molecule has 1 fully saturated rings. The van der Waals surface area contributed by atoms with E-state index in [0.717, 1.165) is 51.0 Å². The van der Waals surface area contributed by atoms with Crippen LogP contribution in [0.4, 0.5) is 0 Å². The summed E-state index contributed by atoms with van der Waals surface area (Å²) < 4.78 is 5.49. The molecule has 2 N–H and O–H groups in total. The molecule has 0 aromatic rings. The maximum Gasteiger partial charge on any atom is 0.191 e. The van der Waals surface area contributed by atoms with Gasteiger partial charge in [-0.25, -0.2) is 0 Å². The zero-order chi connectivity index (χ0) is 13.4. The molecule has 1 aliphatic heterocycles. The number of likely N-dealkylation sites (tertiary alicyclic amines) is 1. The van der Waals surface area contributed by atoms with Crippen molar-refractivity contribution in [1.29, 1.82) is 0 Å². The first-order valence-electron chi connectivity index (χ1n) is 7.26. The number of nitrogens with two attached hydrogens (primary N) is 1. The average Bonchev–Trinajstić information content (AvgIpc) is 2.33. The quantitative estimate of drug-likeness (QED) is 0.450. The van der Waals surface area contributed by atoms with Gasteiger partial charge in [0.15, 0.2) is 5.96 Å². The summed E-state index contributed by atoms with van der Waals surface area (Å²) in [6.45, 7) is 10.2. The molecule has 0 saturated carbocycles. The summed E-state index contributed by atoms with van der Waals surface area (Å²) in [7, 11) is 0. The molecule has 1 rings (SSSR count). The third-order valence-corrected chi connectivity index (χ3v) is 3.26. The Bertz CT molecular complexity index is 253. The van der Waals surface area contributed by atoms with E-state index in [9.17, 15) is 0 Å². The number of ether oxygens (including phenoxy) is 1. The van der Waals surface area contributed by atoms with Crippen LogP contribution in [0.5, 0.6) is 0 Å². The first-order chi connectivity index (χ1) is 8.59. The van der Waals surface area contributed by atoms with Crippen molar-refractivity contribution in [2.24, 2.45) is 16.6 Å². The molecule has 4 nitrogen and oxygen atoms in total. The number of piperidine rings is 1. The third kappa shape index (κ3) is 6.24. The van der Waals surface area contributed by atoms with E-state index < -0.39 is 0 Å². The van der Waals surface area contributed by atoms with Crippen molar-refractivity contribution in [3.8, 4) is 0 Å². The van der Waals surface area contributed by atoms with Crippen LogP contribution in [0.3, 0.4) is 0 Å². The third-order valence-electron chi connectivity index (χ3n) is 3.26. The van der Waals surface area contributed by atoms with E-state index in [0.29, 0.717) is 6.10 Å². The lowest BCUT2D eigenvalue weighted by molar-refractivity contribution is 0.0763. The maximum absolute atomic E-state index is 6.02. The molecule has 1 atom stereocenters. The summed E-state index contributed by atoms with van der Waals surface area (Å²) >= 11 is 0. The highest BCUT2D eigenvalue weighted by atomic mass is 16.5. The summed E-state index contributed by atoms with van der Waals surface area (Å²) in [4.78, 5) is 6.68. The van der Waals surface area contributed by atoms with Crippen LogP contribution in [0.1, 0.15) is 46.5 Å². The highest BCUT2D eigenvalue weighted by molar-refractivity contribution is 5.78. The molecule has 106 valence electrons. The summed E-state index contributed by atoms with van der Waals surface area (Å²) in [5.41, 5.74) is 6.02. The Morgan fingerprint density at radius 1 is 1.44 bits per heavy atom. The molecule has 0 spiro atoms.